The molecule has 0 bridgehead atoms. The van der Waals surface area contributed by atoms with Gasteiger partial charge in [-0.3, -0.25) is 14.4 Å². The highest BCUT2D eigenvalue weighted by Gasteiger charge is 2.33. The Hall–Kier alpha value is -5.32. The number of alkyl carbamates (subject to hydrolysis) is 1. The Balaban J connectivity index is 1.91. The Morgan fingerprint density at radius 1 is 0.726 bits per heavy atom. The predicted octanol–water partition coefficient (Wildman–Crippen LogP) is 4.34. The standard InChI is InChI=1S/C46H69N7O9/c1-29(2)20-35(39(54)25-48-36(21-30(3)4)41(55)52-40(31(5)6)44(58)59)49-43(57)38(23-34-24-47-27-53(34)28-61-26-33-18-14-11-15-19-33)50-42(56)37(22-32-16-12-10-13-17-32)51-45(60)62-46(7,8)9/h10-19,24,27,29-31,35-40,48,54H,20-23,25-26,28H2,1-9H3,(H,49,57)(H,50,56)(H,51,60)(H,52,55)(H,58,59)/t35-,36-,37-,38-,39?,40-/m0/s1. The quantitative estimate of drug-likeness (QED) is 0.0635. The van der Waals surface area contributed by atoms with Crippen molar-refractivity contribution in [3.8, 4) is 0 Å². The van der Waals surface area contributed by atoms with Gasteiger partial charge < -0.3 is 50.8 Å². The van der Waals surface area contributed by atoms with Crippen molar-refractivity contribution < 1.29 is 43.7 Å². The van der Waals surface area contributed by atoms with Crippen molar-refractivity contribution >= 4 is 29.8 Å². The number of imidazole rings is 1. The summed E-state index contributed by atoms with van der Waals surface area (Å²) in [5, 5.41) is 35.6. The Morgan fingerprint density at radius 2 is 1.29 bits per heavy atom. The smallest absolute Gasteiger partial charge is 0.408 e. The zero-order valence-electron chi connectivity index (χ0n) is 37.7. The van der Waals surface area contributed by atoms with E-state index in [1.165, 1.54) is 0 Å². The van der Waals surface area contributed by atoms with E-state index in [4.69, 9.17) is 9.47 Å². The maximum absolute atomic E-state index is 14.5. The minimum atomic E-state index is -1.22. The molecule has 3 aromatic rings. The molecule has 2 aromatic carbocycles. The largest absolute Gasteiger partial charge is 0.480 e. The number of nitrogens with one attached hydrogen (secondary N) is 5. The minimum absolute atomic E-state index is 0.0107. The second-order valence-electron chi connectivity index (χ2n) is 17.9. The van der Waals surface area contributed by atoms with E-state index in [-0.39, 0.29) is 43.9 Å². The van der Waals surface area contributed by atoms with Crippen LogP contribution in [0.5, 0.6) is 0 Å². The normalized spacial score (nSPS) is 14.7. The number of aliphatic hydroxyl groups is 1. The second-order valence-corrected chi connectivity index (χ2v) is 17.9. The lowest BCUT2D eigenvalue weighted by molar-refractivity contribution is -0.143. The van der Waals surface area contributed by atoms with Crippen LogP contribution in [0, 0.1) is 17.8 Å². The molecule has 0 saturated heterocycles. The number of carbonyl (C=O) groups excluding carboxylic acids is 4. The molecule has 62 heavy (non-hydrogen) atoms. The van der Waals surface area contributed by atoms with Gasteiger partial charge in [0.05, 0.1) is 31.1 Å². The molecule has 0 saturated carbocycles. The SMILES string of the molecule is CC(C)C[C@H](NCC(O)[C@H](CC(C)C)NC(=O)[C@H](Cc1cncn1COCc1ccccc1)NC(=O)[C@H](Cc1ccccc1)NC(=O)OC(C)(C)C)C(=O)N[C@H](C(=O)O)C(C)C. The lowest BCUT2D eigenvalue weighted by Gasteiger charge is -2.31. The third-order valence-electron chi connectivity index (χ3n) is 9.82. The van der Waals surface area contributed by atoms with Crippen molar-refractivity contribution in [2.45, 2.75) is 143 Å². The maximum Gasteiger partial charge on any atom is 0.408 e. The molecular formula is C46H69N7O9. The average molecular weight is 864 g/mol. The number of benzene rings is 2. The van der Waals surface area contributed by atoms with Crippen molar-refractivity contribution in [3.63, 3.8) is 0 Å². The van der Waals surface area contributed by atoms with Gasteiger partial charge in [-0.1, -0.05) is 102 Å². The van der Waals surface area contributed by atoms with Crippen LogP contribution >= 0.6 is 0 Å². The summed E-state index contributed by atoms with van der Waals surface area (Å²) in [5.41, 5.74) is 1.47. The van der Waals surface area contributed by atoms with Crippen LogP contribution in [0.15, 0.2) is 73.2 Å². The molecular weight excluding hydrogens is 795 g/mol. The lowest BCUT2D eigenvalue weighted by atomic mass is 9.97. The number of aromatic nitrogens is 2. The van der Waals surface area contributed by atoms with Crippen molar-refractivity contribution in [3.05, 3.63) is 90.0 Å². The molecule has 3 rings (SSSR count). The number of rotatable bonds is 25. The number of carbonyl (C=O) groups is 5. The molecule has 4 amide bonds. The van der Waals surface area contributed by atoms with E-state index in [9.17, 15) is 34.2 Å². The van der Waals surface area contributed by atoms with Gasteiger partial charge in [0, 0.05) is 31.3 Å². The van der Waals surface area contributed by atoms with Gasteiger partial charge in [-0.05, 0) is 62.5 Å². The number of amides is 4. The zero-order chi connectivity index (χ0) is 46.0. The van der Waals surface area contributed by atoms with Gasteiger partial charge in [-0.15, -0.1) is 0 Å². The van der Waals surface area contributed by atoms with Crippen molar-refractivity contribution in [1.29, 1.82) is 0 Å². The van der Waals surface area contributed by atoms with Crippen molar-refractivity contribution in [2.24, 2.45) is 17.8 Å². The van der Waals surface area contributed by atoms with Gasteiger partial charge in [-0.25, -0.2) is 14.6 Å². The van der Waals surface area contributed by atoms with E-state index < -0.39 is 71.7 Å². The first-order chi connectivity index (χ1) is 29.2. The van der Waals surface area contributed by atoms with E-state index in [1.807, 2.05) is 88.4 Å². The number of aliphatic hydroxyl groups excluding tert-OH is 1. The summed E-state index contributed by atoms with van der Waals surface area (Å²) in [5.74, 6) is -3.19. The molecule has 0 radical (unpaired) electrons. The molecule has 1 unspecified atom stereocenters. The summed E-state index contributed by atoms with van der Waals surface area (Å²) in [7, 11) is 0. The lowest BCUT2D eigenvalue weighted by Crippen LogP contribution is -2.59. The Bertz CT molecular complexity index is 1850. The first-order valence-electron chi connectivity index (χ1n) is 21.4. The van der Waals surface area contributed by atoms with Crippen LogP contribution in [0.1, 0.15) is 92.0 Å². The molecule has 1 heterocycles. The summed E-state index contributed by atoms with van der Waals surface area (Å²) < 4.78 is 13.2. The number of hydrogen-bond acceptors (Lipinski definition) is 10. The summed E-state index contributed by atoms with van der Waals surface area (Å²) in [4.78, 5) is 71.3. The van der Waals surface area contributed by atoms with E-state index in [0.29, 0.717) is 25.1 Å². The van der Waals surface area contributed by atoms with Crippen LogP contribution in [0.2, 0.25) is 0 Å². The maximum atomic E-state index is 14.5. The van der Waals surface area contributed by atoms with Crippen LogP contribution in [0.25, 0.3) is 0 Å². The Morgan fingerprint density at radius 3 is 1.85 bits per heavy atom. The topological polar surface area (TPSA) is 222 Å². The number of hydrogen-bond donors (Lipinski definition) is 7. The van der Waals surface area contributed by atoms with Crippen molar-refractivity contribution in [2.75, 3.05) is 6.54 Å². The second kappa shape index (κ2) is 25.0. The van der Waals surface area contributed by atoms with E-state index >= 15 is 0 Å². The number of nitrogens with zero attached hydrogens (tertiary/aromatic N) is 2. The van der Waals surface area contributed by atoms with Gasteiger partial charge in [0.25, 0.3) is 0 Å². The minimum Gasteiger partial charge on any atom is -0.480 e. The van der Waals surface area contributed by atoms with E-state index in [2.05, 4.69) is 31.6 Å². The zero-order valence-corrected chi connectivity index (χ0v) is 37.7. The highest BCUT2D eigenvalue weighted by molar-refractivity contribution is 5.92. The van der Waals surface area contributed by atoms with Gasteiger partial charge in [0.1, 0.15) is 30.5 Å². The van der Waals surface area contributed by atoms with E-state index in [1.54, 1.807) is 51.7 Å². The number of ether oxygens (including phenoxy) is 2. The third-order valence-corrected chi connectivity index (χ3v) is 9.82. The molecule has 0 fully saturated rings. The molecule has 7 N–H and O–H groups in total. The average Bonchev–Trinajstić information content (AvgIpc) is 3.63. The molecule has 0 aliphatic carbocycles. The van der Waals surface area contributed by atoms with Gasteiger partial charge in [0.15, 0.2) is 0 Å². The number of carboxylic acid groups (broad SMARTS) is 1. The monoisotopic (exact) mass is 864 g/mol. The van der Waals surface area contributed by atoms with Gasteiger partial charge in [0.2, 0.25) is 17.7 Å². The first-order valence-corrected chi connectivity index (χ1v) is 21.4. The summed E-state index contributed by atoms with van der Waals surface area (Å²) in [6.07, 6.45) is 1.92. The molecule has 342 valence electrons. The fourth-order valence-corrected chi connectivity index (χ4v) is 6.70. The summed E-state index contributed by atoms with van der Waals surface area (Å²) in [6, 6.07) is 13.7. The Kier molecular flexibility index (Phi) is 20.5. The van der Waals surface area contributed by atoms with Crippen LogP contribution in [-0.2, 0) is 54.8 Å². The van der Waals surface area contributed by atoms with E-state index in [0.717, 1.165) is 11.1 Å². The fourth-order valence-electron chi connectivity index (χ4n) is 6.70. The van der Waals surface area contributed by atoms with Crippen LogP contribution in [-0.4, -0.2) is 98.0 Å². The number of carboxylic acids is 1. The molecule has 0 aliphatic rings. The number of aliphatic carboxylic acids is 1. The van der Waals surface area contributed by atoms with Crippen molar-refractivity contribution in [1.82, 2.24) is 36.1 Å². The predicted molar refractivity (Wildman–Crippen MR) is 235 cm³/mol. The third kappa shape index (κ3) is 18.3. The molecule has 0 aliphatic heterocycles. The first kappa shape index (κ1) is 51.0. The highest BCUT2D eigenvalue weighted by atomic mass is 16.6. The molecule has 0 spiro atoms. The Labute approximate surface area is 366 Å². The summed E-state index contributed by atoms with van der Waals surface area (Å²) in [6.45, 7) is 16.6. The fraction of sp³-hybridized carbons (Fsp3) is 0.565. The molecule has 16 nitrogen and oxygen atoms in total. The molecule has 16 heteroatoms. The van der Waals surface area contributed by atoms with Crippen LogP contribution in [0.3, 0.4) is 0 Å². The molecule has 6 atom stereocenters. The molecule has 1 aromatic heterocycles. The van der Waals surface area contributed by atoms with Crippen LogP contribution in [0.4, 0.5) is 4.79 Å². The summed E-state index contributed by atoms with van der Waals surface area (Å²) >= 11 is 0. The highest BCUT2D eigenvalue weighted by Crippen LogP contribution is 2.15. The van der Waals surface area contributed by atoms with Gasteiger partial charge in [-0.2, -0.15) is 0 Å². The van der Waals surface area contributed by atoms with Gasteiger partial charge >= 0.3 is 12.1 Å². The van der Waals surface area contributed by atoms with Crippen LogP contribution < -0.4 is 26.6 Å².